The fourth-order valence-corrected chi connectivity index (χ4v) is 3.38. The molecule has 2 amide bonds. The van der Waals surface area contributed by atoms with Crippen molar-refractivity contribution < 1.29 is 14.4 Å². The van der Waals surface area contributed by atoms with Crippen molar-refractivity contribution in [1.29, 1.82) is 0 Å². The Morgan fingerprint density at radius 2 is 2.19 bits per heavy atom. The summed E-state index contributed by atoms with van der Waals surface area (Å²) in [6.07, 6.45) is 4.22. The second kappa shape index (κ2) is 7.09. The number of nitrogens with one attached hydrogen (secondary N) is 1. The summed E-state index contributed by atoms with van der Waals surface area (Å²) < 4.78 is 1.95. The van der Waals surface area contributed by atoms with Gasteiger partial charge in [-0.25, -0.2) is 0 Å². The van der Waals surface area contributed by atoms with Crippen LogP contribution in [0.15, 0.2) is 11.2 Å². The molecule has 0 unspecified atom stereocenters. The van der Waals surface area contributed by atoms with Gasteiger partial charge in [0, 0.05) is 31.8 Å². The quantitative estimate of drug-likeness (QED) is 0.820. The molecule has 1 atom stereocenters. The number of carbonyl (C=O) groups is 2. The van der Waals surface area contributed by atoms with Gasteiger partial charge in [0.1, 0.15) is 0 Å². The van der Waals surface area contributed by atoms with E-state index < -0.39 is 6.10 Å². The van der Waals surface area contributed by atoms with E-state index in [1.165, 1.54) is 0 Å². The van der Waals surface area contributed by atoms with Gasteiger partial charge in [-0.2, -0.15) is 5.10 Å². The number of hydrogen-bond acceptors (Lipinski definition) is 5. The zero-order valence-corrected chi connectivity index (χ0v) is 15.1. The molecule has 3 aliphatic rings. The molecule has 0 spiro atoms. The molecule has 1 aliphatic carbocycles. The maximum absolute atomic E-state index is 12.6. The van der Waals surface area contributed by atoms with Crippen molar-refractivity contribution >= 4 is 17.5 Å². The third kappa shape index (κ3) is 3.73. The molecule has 4 rings (SSSR count). The molecular formula is C18H25N5O3. The first-order valence-electron chi connectivity index (χ1n) is 9.47. The van der Waals surface area contributed by atoms with E-state index in [1.54, 1.807) is 0 Å². The first kappa shape index (κ1) is 17.1. The maximum Gasteiger partial charge on any atom is 0.267 e. The van der Waals surface area contributed by atoms with Gasteiger partial charge >= 0.3 is 0 Å². The summed E-state index contributed by atoms with van der Waals surface area (Å²) >= 11 is 0. The third-order valence-electron chi connectivity index (χ3n) is 5.12. The van der Waals surface area contributed by atoms with Crippen LogP contribution in [0.1, 0.15) is 50.4 Å². The molecule has 1 saturated carbocycles. The van der Waals surface area contributed by atoms with Crippen LogP contribution in [0.25, 0.3) is 0 Å². The molecule has 8 nitrogen and oxygen atoms in total. The molecule has 8 heteroatoms. The van der Waals surface area contributed by atoms with Crippen LogP contribution >= 0.6 is 0 Å². The number of aromatic nitrogens is 2. The zero-order valence-electron chi connectivity index (χ0n) is 15.1. The van der Waals surface area contributed by atoms with Crippen molar-refractivity contribution in [2.24, 2.45) is 5.16 Å². The Labute approximate surface area is 152 Å². The summed E-state index contributed by atoms with van der Waals surface area (Å²) in [6, 6.07) is 2.40. The summed E-state index contributed by atoms with van der Waals surface area (Å²) in [4.78, 5) is 31.6. The molecule has 0 bridgehead atoms. The highest BCUT2D eigenvalue weighted by atomic mass is 16.6. The highest BCUT2D eigenvalue weighted by Crippen LogP contribution is 2.21. The Hall–Kier alpha value is -2.38. The van der Waals surface area contributed by atoms with Crippen molar-refractivity contribution in [3.05, 3.63) is 17.5 Å². The van der Waals surface area contributed by atoms with Gasteiger partial charge in [0.15, 0.2) is 0 Å². The summed E-state index contributed by atoms with van der Waals surface area (Å²) in [7, 11) is 0. The molecule has 2 aliphatic heterocycles. The van der Waals surface area contributed by atoms with E-state index in [4.69, 9.17) is 4.84 Å². The Kier molecular flexibility index (Phi) is 4.65. The maximum atomic E-state index is 12.6. The molecule has 1 fully saturated rings. The van der Waals surface area contributed by atoms with Gasteiger partial charge in [-0.1, -0.05) is 12.1 Å². The van der Waals surface area contributed by atoms with Gasteiger partial charge in [0.05, 0.1) is 30.2 Å². The van der Waals surface area contributed by atoms with E-state index in [9.17, 15) is 9.59 Å². The van der Waals surface area contributed by atoms with Crippen molar-refractivity contribution in [1.82, 2.24) is 20.0 Å². The number of aryl methyl sites for hydroxylation is 1. The molecule has 0 radical (unpaired) electrons. The Balaban J connectivity index is 1.31. The fraction of sp³-hybridized carbons (Fsp3) is 0.667. The molecule has 1 aromatic rings. The van der Waals surface area contributed by atoms with Gasteiger partial charge in [0.2, 0.25) is 12.0 Å². The first-order chi connectivity index (χ1) is 12.6. The fourth-order valence-electron chi connectivity index (χ4n) is 3.38. The minimum absolute atomic E-state index is 0.00462. The van der Waals surface area contributed by atoms with Crippen molar-refractivity contribution in [3.63, 3.8) is 0 Å². The van der Waals surface area contributed by atoms with E-state index in [0.29, 0.717) is 44.9 Å². The van der Waals surface area contributed by atoms with Crippen LogP contribution in [0.4, 0.5) is 0 Å². The predicted octanol–water partition coefficient (Wildman–Crippen LogP) is 0.991. The number of amides is 2. The third-order valence-corrected chi connectivity index (χ3v) is 5.12. The number of fused-ring (bicyclic) bond motifs is 1. The van der Waals surface area contributed by atoms with Crippen molar-refractivity contribution in [2.75, 3.05) is 6.54 Å². The highest BCUT2D eigenvalue weighted by molar-refractivity contribution is 5.92. The average molecular weight is 359 g/mol. The van der Waals surface area contributed by atoms with Crippen LogP contribution in [0, 0.1) is 0 Å². The molecule has 1 aromatic heterocycles. The SMILES string of the molecule is CCC1=NO[C@@H](C(=O)N2CCn3nc(CCC(=O)NC4CC4)cc3C2)C1. The number of nitrogens with zero attached hydrogens (tertiary/aromatic N) is 4. The summed E-state index contributed by atoms with van der Waals surface area (Å²) in [5.41, 5.74) is 2.86. The van der Waals surface area contributed by atoms with Gasteiger partial charge in [0.25, 0.3) is 5.91 Å². The molecule has 1 N–H and O–H groups in total. The van der Waals surface area contributed by atoms with Crippen LogP contribution in [-0.2, 0) is 33.9 Å². The molecule has 26 heavy (non-hydrogen) atoms. The number of rotatable bonds is 6. The Morgan fingerprint density at radius 3 is 2.92 bits per heavy atom. The summed E-state index contributed by atoms with van der Waals surface area (Å²) in [6.45, 7) is 3.84. The molecule has 0 saturated heterocycles. The largest absolute Gasteiger partial charge is 0.382 e. The van der Waals surface area contributed by atoms with E-state index in [1.807, 2.05) is 22.6 Å². The smallest absolute Gasteiger partial charge is 0.267 e. The molecular weight excluding hydrogens is 334 g/mol. The van der Waals surface area contributed by atoms with Gasteiger partial charge in [-0.3, -0.25) is 14.3 Å². The van der Waals surface area contributed by atoms with E-state index in [-0.39, 0.29) is 11.8 Å². The zero-order chi connectivity index (χ0) is 18.1. The van der Waals surface area contributed by atoms with E-state index in [2.05, 4.69) is 15.6 Å². The Bertz CT molecular complexity index is 737. The van der Waals surface area contributed by atoms with Gasteiger partial charge < -0.3 is 15.1 Å². The minimum Gasteiger partial charge on any atom is -0.382 e. The van der Waals surface area contributed by atoms with Crippen LogP contribution < -0.4 is 5.32 Å². The van der Waals surface area contributed by atoms with Crippen LogP contribution in [0.3, 0.4) is 0 Å². The van der Waals surface area contributed by atoms with Crippen molar-refractivity contribution in [2.45, 2.75) is 70.7 Å². The van der Waals surface area contributed by atoms with Gasteiger partial charge in [-0.05, 0) is 25.3 Å². The van der Waals surface area contributed by atoms with Crippen LogP contribution in [-0.4, -0.2) is 50.9 Å². The monoisotopic (exact) mass is 359 g/mol. The van der Waals surface area contributed by atoms with E-state index >= 15 is 0 Å². The number of hydrogen-bond donors (Lipinski definition) is 1. The topological polar surface area (TPSA) is 88.8 Å². The minimum atomic E-state index is -0.481. The number of oxime groups is 1. The lowest BCUT2D eigenvalue weighted by Gasteiger charge is -2.29. The van der Waals surface area contributed by atoms with E-state index in [0.717, 1.165) is 36.4 Å². The second-order valence-corrected chi connectivity index (χ2v) is 7.26. The Morgan fingerprint density at radius 1 is 1.35 bits per heavy atom. The first-order valence-corrected chi connectivity index (χ1v) is 9.47. The second-order valence-electron chi connectivity index (χ2n) is 7.26. The standard InChI is InChI=1S/C18H25N5O3/c1-2-12-10-16(26-21-12)18(25)22-7-8-23-15(11-22)9-14(20-23)5-6-17(24)19-13-3-4-13/h9,13,16H,2-8,10-11H2,1H3,(H,19,24)/t16-/m1/s1. The lowest BCUT2D eigenvalue weighted by molar-refractivity contribution is -0.143. The molecule has 3 heterocycles. The lowest BCUT2D eigenvalue weighted by atomic mass is 10.1. The average Bonchev–Trinajstić information content (AvgIpc) is 3.18. The summed E-state index contributed by atoms with van der Waals surface area (Å²) in [5.74, 6) is 0.0930. The number of carbonyl (C=O) groups excluding carboxylic acids is 2. The summed E-state index contributed by atoms with van der Waals surface area (Å²) in [5, 5.41) is 11.6. The van der Waals surface area contributed by atoms with Crippen LogP contribution in [0.2, 0.25) is 0 Å². The van der Waals surface area contributed by atoms with Crippen LogP contribution in [0.5, 0.6) is 0 Å². The highest BCUT2D eigenvalue weighted by Gasteiger charge is 2.33. The van der Waals surface area contributed by atoms with Crippen molar-refractivity contribution in [3.8, 4) is 0 Å². The molecule has 0 aromatic carbocycles. The molecule has 140 valence electrons. The van der Waals surface area contributed by atoms with Gasteiger partial charge in [-0.15, -0.1) is 0 Å². The predicted molar refractivity (Wildman–Crippen MR) is 94.3 cm³/mol. The lowest BCUT2D eigenvalue weighted by Crippen LogP contribution is -2.43. The normalized spacial score (nSPS) is 21.8.